The average Bonchev–Trinajstić information content (AvgIpc) is 3.30. The second-order valence-corrected chi connectivity index (χ2v) is 7.49. The highest BCUT2D eigenvalue weighted by Crippen LogP contribution is 2.23. The summed E-state index contributed by atoms with van der Waals surface area (Å²) in [5.41, 5.74) is 9.21. The number of hydrogen-bond acceptors (Lipinski definition) is 2. The second-order valence-electron chi connectivity index (χ2n) is 7.08. The van der Waals surface area contributed by atoms with Crippen LogP contribution in [0, 0.1) is 0 Å². The van der Waals surface area contributed by atoms with Crippen LogP contribution >= 0.6 is 12.2 Å². The summed E-state index contributed by atoms with van der Waals surface area (Å²) in [6, 6.07) is 31.0. The quantitative estimate of drug-likeness (QED) is 0.130. The van der Waals surface area contributed by atoms with Gasteiger partial charge in [-0.1, -0.05) is 59.3 Å². The van der Waals surface area contributed by atoms with E-state index < -0.39 is 0 Å². The molecule has 0 unspecified atom stereocenters. The molecule has 0 atom stereocenters. The van der Waals surface area contributed by atoms with E-state index >= 15 is 0 Å². The van der Waals surface area contributed by atoms with Crippen LogP contribution in [0.1, 0.15) is 5.56 Å². The Morgan fingerprint density at radius 1 is 0.938 bits per heavy atom. The molecule has 3 aromatic carbocycles. The van der Waals surface area contributed by atoms with E-state index in [9.17, 15) is 0 Å². The summed E-state index contributed by atoms with van der Waals surface area (Å²) < 4.78 is 2.10. The molecule has 0 radical (unpaired) electrons. The highest BCUT2D eigenvalue weighted by atomic mass is 32.1. The number of nitrogens with one attached hydrogen (secondary N) is 3. The molecular weight excluding hydrogens is 414 g/mol. The van der Waals surface area contributed by atoms with E-state index in [1.54, 1.807) is 12.3 Å². The summed E-state index contributed by atoms with van der Waals surface area (Å²) in [5.74, 6) is 0. The topological polar surface area (TPSA) is 56.1 Å². The van der Waals surface area contributed by atoms with Crippen LogP contribution in [0.2, 0.25) is 0 Å². The summed E-state index contributed by atoms with van der Waals surface area (Å²) in [7, 11) is 0. The minimum Gasteiger partial charge on any atom is -0.358 e. The molecule has 0 amide bonds. The van der Waals surface area contributed by atoms with Crippen molar-refractivity contribution in [2.45, 2.75) is 0 Å². The van der Waals surface area contributed by atoms with Crippen LogP contribution in [0.25, 0.3) is 28.2 Å². The van der Waals surface area contributed by atoms with Gasteiger partial charge in [-0.05, 0) is 42.0 Å². The molecule has 5 nitrogen and oxygen atoms in total. The maximum atomic E-state index is 5.13. The molecule has 0 bridgehead atoms. The van der Waals surface area contributed by atoms with Gasteiger partial charge in [0.2, 0.25) is 11.4 Å². The largest absolute Gasteiger partial charge is 0.358 e. The first kappa shape index (κ1) is 21.2. The first-order valence-electron chi connectivity index (χ1n) is 10.3. The van der Waals surface area contributed by atoms with Crippen molar-refractivity contribution in [2.24, 2.45) is 5.10 Å². The summed E-state index contributed by atoms with van der Waals surface area (Å²) in [4.78, 5) is 0. The molecule has 32 heavy (non-hydrogen) atoms. The van der Waals surface area contributed by atoms with Crippen molar-refractivity contribution in [3.05, 3.63) is 109 Å². The Morgan fingerprint density at radius 2 is 1.59 bits per heavy atom. The average molecular weight is 439 g/mol. The molecule has 0 aliphatic rings. The van der Waals surface area contributed by atoms with Gasteiger partial charge < -0.3 is 5.32 Å². The molecule has 0 fully saturated rings. The minimum atomic E-state index is 0.459. The zero-order valence-electron chi connectivity index (χ0n) is 17.5. The van der Waals surface area contributed by atoms with Crippen molar-refractivity contribution < 1.29 is 4.68 Å². The fraction of sp³-hybridized carbons (Fsp3) is 0.0385. The number of aromatic nitrogens is 2. The molecule has 158 valence electrons. The number of thiocarbonyl (C=S) groups is 1. The van der Waals surface area contributed by atoms with Gasteiger partial charge in [-0.3, -0.25) is 5.43 Å². The van der Waals surface area contributed by atoms with E-state index in [1.807, 2.05) is 36.4 Å². The van der Waals surface area contributed by atoms with Crippen LogP contribution < -0.4 is 15.4 Å². The molecule has 0 aliphatic carbocycles. The third-order valence-corrected chi connectivity index (χ3v) is 5.08. The third-order valence-electron chi connectivity index (χ3n) is 4.85. The van der Waals surface area contributed by atoms with Crippen molar-refractivity contribution in [1.29, 1.82) is 0 Å². The lowest BCUT2D eigenvalue weighted by Crippen LogP contribution is -2.34. The first-order chi connectivity index (χ1) is 15.7. The van der Waals surface area contributed by atoms with Crippen LogP contribution in [0.5, 0.6) is 0 Å². The normalized spacial score (nSPS) is 10.8. The first-order valence-corrected chi connectivity index (χ1v) is 10.7. The van der Waals surface area contributed by atoms with Crippen molar-refractivity contribution in [2.75, 3.05) is 6.54 Å². The predicted molar refractivity (Wildman–Crippen MR) is 135 cm³/mol. The fourth-order valence-corrected chi connectivity index (χ4v) is 3.42. The molecule has 1 heterocycles. The van der Waals surface area contributed by atoms with Gasteiger partial charge in [0.05, 0.1) is 6.21 Å². The van der Waals surface area contributed by atoms with Crippen LogP contribution in [0.4, 0.5) is 0 Å². The smallest absolute Gasteiger partial charge is 0.245 e. The number of hydrazone groups is 1. The van der Waals surface area contributed by atoms with Crippen molar-refractivity contribution in [1.82, 2.24) is 15.8 Å². The monoisotopic (exact) mass is 438 g/mol. The fourth-order valence-electron chi connectivity index (χ4n) is 3.28. The molecule has 6 heteroatoms. The highest BCUT2D eigenvalue weighted by molar-refractivity contribution is 7.80. The van der Waals surface area contributed by atoms with Gasteiger partial charge in [-0.2, -0.15) is 10.2 Å². The molecule has 4 aromatic rings. The predicted octanol–water partition coefficient (Wildman–Crippen LogP) is 4.61. The van der Waals surface area contributed by atoms with Gasteiger partial charge >= 0.3 is 0 Å². The molecule has 1 aromatic heterocycles. The van der Waals surface area contributed by atoms with Gasteiger partial charge in [-0.25, -0.2) is 0 Å². The maximum absolute atomic E-state index is 5.13. The number of rotatable bonds is 7. The van der Waals surface area contributed by atoms with Crippen LogP contribution in [-0.2, 0) is 0 Å². The molecule has 0 aliphatic heterocycles. The van der Waals surface area contributed by atoms with Crippen LogP contribution in [0.15, 0.2) is 109 Å². The van der Waals surface area contributed by atoms with Gasteiger partial charge in [-0.15, -0.1) is 6.58 Å². The molecule has 3 N–H and O–H groups in total. The Balaban J connectivity index is 1.60. The van der Waals surface area contributed by atoms with E-state index in [4.69, 9.17) is 12.2 Å². The Kier molecular flexibility index (Phi) is 6.84. The zero-order chi connectivity index (χ0) is 22.2. The summed E-state index contributed by atoms with van der Waals surface area (Å²) in [6.45, 7) is 4.24. The number of nitrogens with zero attached hydrogens (tertiary/aromatic N) is 2. The standard InChI is InChI=1S/C26H23N5S/c1-2-17-27-26(32)29-28-19-20-13-15-23(16-14-20)31-25(22-11-7-4-8-12-22)18-24(30-31)21-9-5-3-6-10-21/h2-16,18-19H,1,17H2,(H2,27,29,32)/p+1. The van der Waals surface area contributed by atoms with Gasteiger partial charge in [0.25, 0.3) is 0 Å². The van der Waals surface area contributed by atoms with E-state index in [2.05, 4.69) is 86.8 Å². The Labute approximate surface area is 193 Å². The Hall–Kier alpha value is -4.03. The maximum Gasteiger partial charge on any atom is 0.245 e. The van der Waals surface area contributed by atoms with Gasteiger partial charge in [0.15, 0.2) is 5.11 Å². The van der Waals surface area contributed by atoms with Crippen molar-refractivity contribution in [3.63, 3.8) is 0 Å². The Bertz CT molecular complexity index is 1210. The third kappa shape index (κ3) is 5.17. The lowest BCUT2D eigenvalue weighted by Gasteiger charge is -2.03. The highest BCUT2D eigenvalue weighted by Gasteiger charge is 2.21. The lowest BCUT2D eigenvalue weighted by atomic mass is 10.1. The van der Waals surface area contributed by atoms with E-state index in [1.165, 1.54) is 0 Å². The molecule has 0 spiro atoms. The summed E-state index contributed by atoms with van der Waals surface area (Å²) in [6.07, 6.45) is 3.47. The van der Waals surface area contributed by atoms with Gasteiger partial charge in [0, 0.05) is 35.9 Å². The molecule has 4 rings (SSSR count). The van der Waals surface area contributed by atoms with Crippen molar-refractivity contribution in [3.8, 4) is 28.2 Å². The van der Waals surface area contributed by atoms with Crippen LogP contribution in [0.3, 0.4) is 0 Å². The molecular formula is C26H24N5S+. The minimum absolute atomic E-state index is 0.459. The summed E-state index contributed by atoms with van der Waals surface area (Å²) in [5, 5.41) is 11.2. The lowest BCUT2D eigenvalue weighted by molar-refractivity contribution is -0.643. The number of H-pyrrole nitrogens is 1. The van der Waals surface area contributed by atoms with E-state index in [0.29, 0.717) is 11.7 Å². The van der Waals surface area contributed by atoms with E-state index in [-0.39, 0.29) is 0 Å². The number of aromatic amines is 1. The number of benzene rings is 3. The Morgan fingerprint density at radius 3 is 2.25 bits per heavy atom. The van der Waals surface area contributed by atoms with Crippen molar-refractivity contribution >= 4 is 23.5 Å². The van der Waals surface area contributed by atoms with Crippen LogP contribution in [-0.4, -0.2) is 23.0 Å². The zero-order valence-corrected chi connectivity index (χ0v) is 18.3. The SMILES string of the molecule is C=CCNC(=S)NN=Cc1ccc(-[n+]2[nH]c(-c3ccccc3)cc2-c2ccccc2)cc1. The number of hydrogen-bond donors (Lipinski definition) is 3. The van der Waals surface area contributed by atoms with Gasteiger partial charge in [0.1, 0.15) is 5.69 Å². The summed E-state index contributed by atoms with van der Waals surface area (Å²) >= 11 is 5.13. The second kappa shape index (κ2) is 10.3. The van der Waals surface area contributed by atoms with E-state index in [0.717, 1.165) is 33.8 Å². The molecule has 0 saturated carbocycles. The molecule has 0 saturated heterocycles.